The molecule has 0 spiro atoms. The Morgan fingerprint density at radius 3 is 2.60 bits per heavy atom. The average Bonchev–Trinajstić information content (AvgIpc) is 3.18. The molecule has 1 aliphatic rings. The van der Waals surface area contributed by atoms with Gasteiger partial charge in [0.1, 0.15) is 5.52 Å². The minimum absolute atomic E-state index is 0.0382. The molecule has 0 saturated carbocycles. The van der Waals surface area contributed by atoms with Crippen molar-refractivity contribution in [2.45, 2.75) is 25.8 Å². The summed E-state index contributed by atoms with van der Waals surface area (Å²) in [6.07, 6.45) is 2.92. The summed E-state index contributed by atoms with van der Waals surface area (Å²) in [4.78, 5) is 41.6. The van der Waals surface area contributed by atoms with Crippen molar-refractivity contribution in [1.29, 1.82) is 5.26 Å². The smallest absolute Gasteiger partial charge is 0.274 e. The fraction of sp³-hybridized carbons (Fsp3) is 0.286. The second kappa shape index (κ2) is 7.83. The largest absolute Gasteiger partial charge is 0.349 e. The lowest BCUT2D eigenvalue weighted by Crippen LogP contribution is -2.46. The predicted octanol–water partition coefficient (Wildman–Crippen LogP) is 1.24. The monoisotopic (exact) mass is 404 g/mol. The number of nitriles is 1. The zero-order valence-corrected chi connectivity index (χ0v) is 16.4. The van der Waals surface area contributed by atoms with Gasteiger partial charge in [-0.1, -0.05) is 0 Å². The number of amides is 2. The highest BCUT2D eigenvalue weighted by molar-refractivity contribution is 5.95. The van der Waals surface area contributed by atoms with Crippen LogP contribution in [0, 0.1) is 18.3 Å². The van der Waals surface area contributed by atoms with Gasteiger partial charge >= 0.3 is 0 Å². The summed E-state index contributed by atoms with van der Waals surface area (Å²) in [5.74, 6) is -0.424. The van der Waals surface area contributed by atoms with E-state index >= 15 is 0 Å². The minimum Gasteiger partial charge on any atom is -0.349 e. The quantitative estimate of drug-likeness (QED) is 0.680. The van der Waals surface area contributed by atoms with E-state index in [1.54, 1.807) is 42.3 Å². The number of H-pyrrole nitrogens is 1. The third-order valence-electron chi connectivity index (χ3n) is 5.21. The zero-order chi connectivity index (χ0) is 21.3. The van der Waals surface area contributed by atoms with Crippen LogP contribution in [-0.4, -0.2) is 50.4 Å². The molecule has 1 aliphatic heterocycles. The third-order valence-corrected chi connectivity index (χ3v) is 5.21. The number of nitrogens with zero attached hydrogens (tertiary/aromatic N) is 4. The number of likely N-dealkylation sites (tertiary alicyclic amines) is 1. The summed E-state index contributed by atoms with van der Waals surface area (Å²) < 4.78 is 1.42. The fourth-order valence-corrected chi connectivity index (χ4v) is 3.58. The van der Waals surface area contributed by atoms with Crippen LogP contribution in [0.3, 0.4) is 0 Å². The van der Waals surface area contributed by atoms with Gasteiger partial charge in [0.2, 0.25) is 0 Å². The van der Waals surface area contributed by atoms with E-state index in [-0.39, 0.29) is 29.1 Å². The lowest BCUT2D eigenvalue weighted by atomic mass is 10.0. The molecular weight excluding hydrogens is 384 g/mol. The van der Waals surface area contributed by atoms with Crippen molar-refractivity contribution in [3.8, 4) is 6.07 Å². The molecule has 1 saturated heterocycles. The van der Waals surface area contributed by atoms with Crippen LogP contribution < -0.4 is 10.9 Å². The third kappa shape index (κ3) is 3.80. The predicted molar refractivity (Wildman–Crippen MR) is 108 cm³/mol. The van der Waals surface area contributed by atoms with Crippen molar-refractivity contribution in [2.75, 3.05) is 13.1 Å². The van der Waals surface area contributed by atoms with Gasteiger partial charge in [-0.3, -0.25) is 14.4 Å². The van der Waals surface area contributed by atoms with Crippen LogP contribution in [-0.2, 0) is 0 Å². The van der Waals surface area contributed by atoms with Crippen molar-refractivity contribution in [1.82, 2.24) is 24.8 Å². The second-order valence-electron chi connectivity index (χ2n) is 7.35. The Bertz CT molecular complexity index is 1210. The number of piperidine rings is 1. The molecule has 0 aliphatic carbocycles. The maximum Gasteiger partial charge on any atom is 0.274 e. The Kier molecular flexibility index (Phi) is 5.06. The molecular formula is C21H20N6O3. The molecule has 1 aromatic carbocycles. The van der Waals surface area contributed by atoms with E-state index in [1.807, 2.05) is 6.07 Å². The number of fused-ring (bicyclic) bond motifs is 1. The summed E-state index contributed by atoms with van der Waals surface area (Å²) in [5, 5.41) is 16.1. The summed E-state index contributed by atoms with van der Waals surface area (Å²) in [5.41, 5.74) is 1.93. The number of hydrogen-bond acceptors (Lipinski definition) is 5. The minimum atomic E-state index is -0.286. The Morgan fingerprint density at radius 1 is 1.23 bits per heavy atom. The SMILES string of the molecule is Cc1cn2nc(C(=O)N3CCC(NC(=O)c4ccc(C#N)cc4)CC3)cc2c(=O)[nH]1. The number of carbonyl (C=O) groups excluding carboxylic acids is 2. The topological polar surface area (TPSA) is 123 Å². The summed E-state index contributed by atoms with van der Waals surface area (Å²) in [6.45, 7) is 2.72. The second-order valence-corrected chi connectivity index (χ2v) is 7.35. The molecule has 0 atom stereocenters. The van der Waals surface area contributed by atoms with Crippen molar-refractivity contribution < 1.29 is 9.59 Å². The summed E-state index contributed by atoms with van der Waals surface area (Å²) in [6, 6.07) is 9.95. The Balaban J connectivity index is 1.37. The van der Waals surface area contributed by atoms with Crippen LogP contribution >= 0.6 is 0 Å². The van der Waals surface area contributed by atoms with Crippen molar-refractivity contribution in [2.24, 2.45) is 0 Å². The molecule has 3 aromatic rings. The summed E-state index contributed by atoms with van der Waals surface area (Å²) >= 11 is 0. The molecule has 3 heterocycles. The Labute approximate surface area is 171 Å². The first kappa shape index (κ1) is 19.4. The maximum absolute atomic E-state index is 12.8. The van der Waals surface area contributed by atoms with Crippen LogP contribution in [0.25, 0.3) is 5.52 Å². The van der Waals surface area contributed by atoms with Gasteiger partial charge in [-0.05, 0) is 44.0 Å². The first-order valence-electron chi connectivity index (χ1n) is 9.64. The number of aromatic nitrogens is 3. The van der Waals surface area contributed by atoms with Gasteiger partial charge in [0.15, 0.2) is 5.69 Å². The normalized spacial score (nSPS) is 14.5. The van der Waals surface area contributed by atoms with Crippen molar-refractivity contribution in [3.63, 3.8) is 0 Å². The van der Waals surface area contributed by atoms with Gasteiger partial charge in [-0.25, -0.2) is 4.52 Å². The zero-order valence-electron chi connectivity index (χ0n) is 16.4. The van der Waals surface area contributed by atoms with Gasteiger partial charge in [-0.15, -0.1) is 0 Å². The van der Waals surface area contributed by atoms with Gasteiger partial charge in [0, 0.05) is 42.7 Å². The van der Waals surface area contributed by atoms with E-state index < -0.39 is 0 Å². The number of nitrogens with one attached hydrogen (secondary N) is 2. The molecule has 9 heteroatoms. The number of aryl methyl sites for hydroxylation is 1. The van der Waals surface area contributed by atoms with Gasteiger partial charge in [0.05, 0.1) is 11.6 Å². The highest BCUT2D eigenvalue weighted by atomic mass is 16.2. The highest BCUT2D eigenvalue weighted by Crippen LogP contribution is 2.15. The number of aromatic amines is 1. The molecule has 9 nitrogen and oxygen atoms in total. The van der Waals surface area contributed by atoms with Crippen LogP contribution in [0.2, 0.25) is 0 Å². The van der Waals surface area contributed by atoms with Crippen molar-refractivity contribution in [3.05, 3.63) is 69.4 Å². The van der Waals surface area contributed by atoms with Crippen LogP contribution in [0.4, 0.5) is 0 Å². The molecule has 2 N–H and O–H groups in total. The lowest BCUT2D eigenvalue weighted by Gasteiger charge is -2.32. The molecule has 2 amide bonds. The first-order valence-corrected chi connectivity index (χ1v) is 9.64. The Morgan fingerprint density at radius 2 is 1.93 bits per heavy atom. The molecule has 0 unspecified atom stereocenters. The molecule has 0 radical (unpaired) electrons. The number of benzene rings is 1. The standard InChI is InChI=1S/C21H20N6O3/c1-13-12-27-18(20(29)23-13)10-17(25-27)21(30)26-8-6-16(7-9-26)24-19(28)15-4-2-14(11-22)3-5-15/h2-5,10,12,16H,6-9H2,1H3,(H,23,29)(H,24,28). The van der Waals surface area contributed by atoms with Gasteiger partial charge < -0.3 is 15.2 Å². The van der Waals surface area contributed by atoms with Crippen LogP contribution in [0.1, 0.15) is 44.9 Å². The lowest BCUT2D eigenvalue weighted by molar-refractivity contribution is 0.0692. The van der Waals surface area contributed by atoms with Crippen molar-refractivity contribution >= 4 is 17.3 Å². The molecule has 1 fully saturated rings. The fourth-order valence-electron chi connectivity index (χ4n) is 3.58. The van der Waals surface area contributed by atoms with E-state index in [9.17, 15) is 14.4 Å². The van der Waals surface area contributed by atoms with E-state index in [2.05, 4.69) is 15.4 Å². The molecule has 30 heavy (non-hydrogen) atoms. The van der Waals surface area contributed by atoms with E-state index in [1.165, 1.54) is 10.6 Å². The molecule has 152 valence electrons. The number of carbonyl (C=O) groups is 2. The number of rotatable bonds is 3. The maximum atomic E-state index is 12.8. The number of hydrogen-bond donors (Lipinski definition) is 2. The van der Waals surface area contributed by atoms with E-state index in [0.29, 0.717) is 48.3 Å². The Hall–Kier alpha value is -3.93. The summed E-state index contributed by atoms with van der Waals surface area (Å²) in [7, 11) is 0. The van der Waals surface area contributed by atoms with E-state index in [4.69, 9.17) is 5.26 Å². The molecule has 4 rings (SSSR count). The highest BCUT2D eigenvalue weighted by Gasteiger charge is 2.26. The average molecular weight is 404 g/mol. The van der Waals surface area contributed by atoms with Gasteiger partial charge in [0.25, 0.3) is 17.4 Å². The van der Waals surface area contributed by atoms with Gasteiger partial charge in [-0.2, -0.15) is 10.4 Å². The molecule has 0 bridgehead atoms. The van der Waals surface area contributed by atoms with Crippen LogP contribution in [0.5, 0.6) is 0 Å². The first-order chi connectivity index (χ1) is 14.4. The molecule has 2 aromatic heterocycles. The van der Waals surface area contributed by atoms with E-state index in [0.717, 1.165) is 0 Å². The van der Waals surface area contributed by atoms with Crippen LogP contribution in [0.15, 0.2) is 41.3 Å².